The highest BCUT2D eigenvalue weighted by Crippen LogP contribution is 2.48. The third kappa shape index (κ3) is 4.36. The number of carbonyl (C=O) groups excluding carboxylic acids is 1. The van der Waals surface area contributed by atoms with E-state index in [0.29, 0.717) is 17.9 Å². The summed E-state index contributed by atoms with van der Waals surface area (Å²) in [5, 5.41) is 0. The molecule has 35 heavy (non-hydrogen) atoms. The zero-order valence-electron chi connectivity index (χ0n) is 20.5. The van der Waals surface area contributed by atoms with Gasteiger partial charge in [0.25, 0.3) is 0 Å². The molecule has 0 unspecified atom stereocenters. The summed E-state index contributed by atoms with van der Waals surface area (Å²) in [7, 11) is 0. The van der Waals surface area contributed by atoms with E-state index in [0.717, 1.165) is 68.9 Å². The third-order valence-electron chi connectivity index (χ3n) is 8.33. The first-order chi connectivity index (χ1) is 17.1. The van der Waals surface area contributed by atoms with Crippen molar-refractivity contribution in [1.29, 1.82) is 0 Å². The molecule has 2 saturated heterocycles. The zero-order chi connectivity index (χ0) is 23.8. The number of amides is 1. The highest BCUT2D eigenvalue weighted by molar-refractivity contribution is 5.78. The molecule has 6 heteroatoms. The van der Waals surface area contributed by atoms with Gasteiger partial charge in [0.2, 0.25) is 5.91 Å². The standard InChI is InChI=1S/C29H33N5O/c1-2-21-4-7-24(32-18-21)17-27(35)33-14-10-29(11-15-33)19-34(20-29)26-9-6-22-16-23(5-8-25(22)26)28-30-12-3-13-31-28/h3-5,7-8,12-13,16,18,26H,2,6,9-11,14-15,17,19-20H2,1H3/t26-/m1/s1. The van der Waals surface area contributed by atoms with Crippen LogP contribution in [0.3, 0.4) is 0 Å². The average molecular weight is 468 g/mol. The van der Waals surface area contributed by atoms with Gasteiger partial charge in [0.05, 0.1) is 6.42 Å². The molecule has 2 fully saturated rings. The van der Waals surface area contributed by atoms with Crippen molar-refractivity contribution in [3.63, 3.8) is 0 Å². The molecule has 4 heterocycles. The van der Waals surface area contributed by atoms with Crippen molar-refractivity contribution in [3.8, 4) is 11.4 Å². The fourth-order valence-corrected chi connectivity index (χ4v) is 6.18. The van der Waals surface area contributed by atoms with Gasteiger partial charge in [-0.1, -0.05) is 25.1 Å². The summed E-state index contributed by atoms with van der Waals surface area (Å²) in [4.78, 5) is 30.9. The van der Waals surface area contributed by atoms with E-state index in [4.69, 9.17) is 0 Å². The van der Waals surface area contributed by atoms with Crippen LogP contribution in [0.5, 0.6) is 0 Å². The molecular weight excluding hydrogens is 434 g/mol. The van der Waals surface area contributed by atoms with E-state index in [1.165, 1.54) is 23.1 Å². The number of aryl methyl sites for hydroxylation is 2. The summed E-state index contributed by atoms with van der Waals surface area (Å²) in [6, 6.07) is 13.2. The lowest BCUT2D eigenvalue weighted by atomic mass is 9.71. The Morgan fingerprint density at radius 2 is 1.86 bits per heavy atom. The van der Waals surface area contributed by atoms with E-state index < -0.39 is 0 Å². The van der Waals surface area contributed by atoms with Gasteiger partial charge in [-0.15, -0.1) is 0 Å². The van der Waals surface area contributed by atoms with Crippen LogP contribution in [-0.2, 0) is 24.1 Å². The Morgan fingerprint density at radius 3 is 2.57 bits per heavy atom. The molecule has 2 aromatic heterocycles. The van der Waals surface area contributed by atoms with Crippen LogP contribution in [0.25, 0.3) is 11.4 Å². The number of carbonyl (C=O) groups is 1. The molecule has 0 N–H and O–H groups in total. The van der Waals surface area contributed by atoms with Crippen LogP contribution in [0.4, 0.5) is 0 Å². The Morgan fingerprint density at radius 1 is 1.06 bits per heavy atom. The van der Waals surface area contributed by atoms with Crippen LogP contribution in [0.2, 0.25) is 0 Å². The van der Waals surface area contributed by atoms with E-state index >= 15 is 0 Å². The number of likely N-dealkylation sites (tertiary alicyclic amines) is 2. The van der Waals surface area contributed by atoms with Gasteiger partial charge in [0.15, 0.2) is 5.82 Å². The number of hydrogen-bond acceptors (Lipinski definition) is 5. The number of rotatable bonds is 5. The molecule has 2 aliphatic heterocycles. The summed E-state index contributed by atoms with van der Waals surface area (Å²) in [6.45, 7) is 6.18. The molecule has 0 saturated carbocycles. The normalized spacial score (nSPS) is 21.1. The Balaban J connectivity index is 1.03. The molecule has 1 amide bonds. The molecule has 1 aliphatic carbocycles. The summed E-state index contributed by atoms with van der Waals surface area (Å²) in [6.07, 6.45) is 11.4. The second-order valence-electron chi connectivity index (χ2n) is 10.5. The second kappa shape index (κ2) is 9.15. The van der Waals surface area contributed by atoms with E-state index in [2.05, 4.69) is 55.9 Å². The predicted molar refractivity (Wildman–Crippen MR) is 136 cm³/mol. The molecule has 0 bridgehead atoms. The van der Waals surface area contributed by atoms with Crippen LogP contribution in [-0.4, -0.2) is 56.8 Å². The summed E-state index contributed by atoms with van der Waals surface area (Å²) < 4.78 is 0. The number of benzene rings is 1. The van der Waals surface area contributed by atoms with Crippen molar-refractivity contribution in [3.05, 3.63) is 77.4 Å². The third-order valence-corrected chi connectivity index (χ3v) is 8.33. The van der Waals surface area contributed by atoms with Crippen molar-refractivity contribution < 1.29 is 4.79 Å². The molecule has 6 nitrogen and oxygen atoms in total. The maximum absolute atomic E-state index is 12.8. The Hall–Kier alpha value is -3.12. The van der Waals surface area contributed by atoms with Crippen molar-refractivity contribution in [1.82, 2.24) is 24.8 Å². The van der Waals surface area contributed by atoms with Crippen LogP contribution < -0.4 is 0 Å². The smallest absolute Gasteiger partial charge is 0.228 e. The first-order valence-corrected chi connectivity index (χ1v) is 13.0. The number of nitrogens with zero attached hydrogens (tertiary/aromatic N) is 5. The number of fused-ring (bicyclic) bond motifs is 1. The lowest BCUT2D eigenvalue weighted by Crippen LogP contribution is -2.61. The van der Waals surface area contributed by atoms with Crippen LogP contribution in [0.1, 0.15) is 54.6 Å². The minimum Gasteiger partial charge on any atom is -0.342 e. The molecular formula is C29H33N5O. The van der Waals surface area contributed by atoms with Gasteiger partial charge < -0.3 is 4.90 Å². The summed E-state index contributed by atoms with van der Waals surface area (Å²) in [5.74, 6) is 1.02. The van der Waals surface area contributed by atoms with E-state index in [9.17, 15) is 4.79 Å². The van der Waals surface area contributed by atoms with Crippen molar-refractivity contribution >= 4 is 5.91 Å². The van der Waals surface area contributed by atoms with Gasteiger partial charge in [-0.3, -0.25) is 14.7 Å². The quantitative estimate of drug-likeness (QED) is 0.561. The minimum absolute atomic E-state index is 0.218. The molecule has 1 atom stereocenters. The summed E-state index contributed by atoms with van der Waals surface area (Å²) in [5.41, 5.74) is 6.52. The number of piperidine rings is 1. The average Bonchev–Trinajstić information content (AvgIpc) is 3.31. The highest BCUT2D eigenvalue weighted by atomic mass is 16.2. The Bertz CT molecular complexity index is 1190. The largest absolute Gasteiger partial charge is 0.342 e. The topological polar surface area (TPSA) is 62.2 Å². The minimum atomic E-state index is 0.218. The highest BCUT2D eigenvalue weighted by Gasteiger charge is 2.48. The fourth-order valence-electron chi connectivity index (χ4n) is 6.18. The first-order valence-electron chi connectivity index (χ1n) is 13.0. The van der Waals surface area contributed by atoms with Crippen LogP contribution in [0, 0.1) is 5.41 Å². The maximum atomic E-state index is 12.8. The number of hydrogen-bond donors (Lipinski definition) is 0. The van der Waals surface area contributed by atoms with Gasteiger partial charge in [-0.2, -0.15) is 0 Å². The lowest BCUT2D eigenvalue weighted by Gasteiger charge is -2.56. The SMILES string of the molecule is CCc1ccc(CC(=O)N2CCC3(CC2)CN([C@@H]2CCc4cc(-c5ncccn5)ccc42)C3)nc1. The molecule has 180 valence electrons. The number of pyridine rings is 1. The van der Waals surface area contributed by atoms with Gasteiger partial charge >= 0.3 is 0 Å². The monoisotopic (exact) mass is 467 g/mol. The van der Waals surface area contributed by atoms with Crippen molar-refractivity contribution in [2.45, 2.75) is 51.5 Å². The van der Waals surface area contributed by atoms with Crippen molar-refractivity contribution in [2.75, 3.05) is 26.2 Å². The zero-order valence-corrected chi connectivity index (χ0v) is 20.5. The van der Waals surface area contributed by atoms with Gasteiger partial charge in [-0.05, 0) is 72.4 Å². The molecule has 1 spiro atoms. The fraction of sp³-hybridized carbons (Fsp3) is 0.448. The lowest BCUT2D eigenvalue weighted by molar-refractivity contribution is -0.136. The predicted octanol–water partition coefficient (Wildman–Crippen LogP) is 4.26. The first kappa shape index (κ1) is 22.4. The molecule has 3 aromatic rings. The van der Waals surface area contributed by atoms with Crippen molar-refractivity contribution in [2.24, 2.45) is 5.41 Å². The molecule has 6 rings (SSSR count). The maximum Gasteiger partial charge on any atom is 0.228 e. The van der Waals surface area contributed by atoms with Gasteiger partial charge in [-0.25, -0.2) is 9.97 Å². The summed E-state index contributed by atoms with van der Waals surface area (Å²) >= 11 is 0. The second-order valence-corrected chi connectivity index (χ2v) is 10.5. The Kier molecular flexibility index (Phi) is 5.85. The molecule has 3 aliphatic rings. The molecule has 0 radical (unpaired) electrons. The Labute approximate surface area is 207 Å². The van der Waals surface area contributed by atoms with Gasteiger partial charge in [0.1, 0.15) is 0 Å². The van der Waals surface area contributed by atoms with E-state index in [1.54, 1.807) is 12.4 Å². The molecule has 1 aromatic carbocycles. The van der Waals surface area contributed by atoms with Crippen LogP contribution in [0.15, 0.2) is 55.0 Å². The van der Waals surface area contributed by atoms with E-state index in [-0.39, 0.29) is 5.91 Å². The number of aromatic nitrogens is 3. The van der Waals surface area contributed by atoms with Gasteiger partial charge in [0, 0.05) is 62.1 Å². The van der Waals surface area contributed by atoms with E-state index in [1.807, 2.05) is 18.3 Å². The van der Waals surface area contributed by atoms with Crippen LogP contribution >= 0.6 is 0 Å².